The lowest BCUT2D eigenvalue weighted by molar-refractivity contribution is -0.187. The molecule has 0 unspecified atom stereocenters. The molecule has 0 amide bonds. The summed E-state index contributed by atoms with van der Waals surface area (Å²) in [7, 11) is 0. The van der Waals surface area contributed by atoms with E-state index in [4.69, 9.17) is 24.1 Å². The Labute approximate surface area is 194 Å². The van der Waals surface area contributed by atoms with Gasteiger partial charge in [0, 0.05) is 6.92 Å². The highest BCUT2D eigenvalue weighted by molar-refractivity contribution is 5.86. The van der Waals surface area contributed by atoms with Crippen LogP contribution >= 0.6 is 0 Å². The van der Waals surface area contributed by atoms with E-state index in [1.807, 2.05) is 0 Å². The third kappa shape index (κ3) is 10.7. The number of esters is 6. The van der Waals surface area contributed by atoms with Crippen LogP contribution in [0.15, 0.2) is 0 Å². The summed E-state index contributed by atoms with van der Waals surface area (Å²) in [4.78, 5) is 81.1. The van der Waals surface area contributed by atoms with Crippen molar-refractivity contribution in [1.29, 1.82) is 0 Å². The van der Waals surface area contributed by atoms with Crippen LogP contribution in [0.5, 0.6) is 0 Å². The Bertz CT molecular complexity index is 803. The number of rotatable bonds is 12. The summed E-state index contributed by atoms with van der Waals surface area (Å²) in [5.74, 6) is -7.70. The maximum absolute atomic E-state index is 12.1. The van der Waals surface area contributed by atoms with E-state index in [2.05, 4.69) is 9.47 Å². The highest BCUT2D eigenvalue weighted by Crippen LogP contribution is 2.08. The smallest absolute Gasteiger partial charge is 0.347 e. The molecule has 0 bridgehead atoms. The molecule has 0 aromatic rings. The standard InChI is InChI=1S/C20H28O14/c1-8(15(22)23)30-17(25)10(3)32-19(27)12(5)34-20(28)13(6)33-18(26)11(4)31-16(24)9(2)29-14(7)21/h8-13H,1-7H3,(H,22,23)/t8-,9-,10-,11-,12-,13-/m0/s1. The summed E-state index contributed by atoms with van der Waals surface area (Å²) in [6.07, 6.45) is -8.73. The Kier molecular flexibility index (Phi) is 12.2. The normalized spacial score (nSPS) is 15.7. The van der Waals surface area contributed by atoms with Crippen molar-refractivity contribution in [1.82, 2.24) is 0 Å². The van der Waals surface area contributed by atoms with Gasteiger partial charge in [0.2, 0.25) is 0 Å². The topological polar surface area (TPSA) is 195 Å². The molecule has 0 aromatic heterocycles. The minimum absolute atomic E-state index is 0.732. The summed E-state index contributed by atoms with van der Waals surface area (Å²) in [6, 6.07) is 0. The maximum atomic E-state index is 12.1. The highest BCUT2D eigenvalue weighted by Gasteiger charge is 2.31. The van der Waals surface area contributed by atoms with Crippen LogP contribution in [0.1, 0.15) is 48.5 Å². The first-order valence-electron chi connectivity index (χ1n) is 9.99. The van der Waals surface area contributed by atoms with Gasteiger partial charge in [-0.25, -0.2) is 28.8 Å². The molecule has 0 radical (unpaired) electrons. The fourth-order valence-corrected chi connectivity index (χ4v) is 1.89. The third-order valence-corrected chi connectivity index (χ3v) is 3.81. The molecule has 14 heteroatoms. The van der Waals surface area contributed by atoms with Gasteiger partial charge in [-0.05, 0) is 41.5 Å². The van der Waals surface area contributed by atoms with Gasteiger partial charge in [-0.1, -0.05) is 0 Å². The van der Waals surface area contributed by atoms with Gasteiger partial charge in [0.1, 0.15) is 0 Å². The van der Waals surface area contributed by atoms with Gasteiger partial charge in [-0.2, -0.15) is 0 Å². The molecule has 0 saturated heterocycles. The first kappa shape index (κ1) is 30.3. The quantitative estimate of drug-likeness (QED) is 0.275. The molecule has 0 saturated carbocycles. The van der Waals surface area contributed by atoms with E-state index in [-0.39, 0.29) is 0 Å². The number of hydrogen-bond donors (Lipinski definition) is 1. The fourth-order valence-electron chi connectivity index (χ4n) is 1.89. The van der Waals surface area contributed by atoms with Gasteiger partial charge in [-0.3, -0.25) is 4.79 Å². The summed E-state index contributed by atoms with van der Waals surface area (Å²) in [5, 5.41) is 8.71. The molecule has 192 valence electrons. The van der Waals surface area contributed by atoms with E-state index in [1.165, 1.54) is 6.92 Å². The fraction of sp³-hybridized carbons (Fsp3) is 0.650. The van der Waals surface area contributed by atoms with E-state index in [0.717, 1.165) is 41.5 Å². The molecule has 14 nitrogen and oxygen atoms in total. The van der Waals surface area contributed by atoms with Crippen molar-refractivity contribution in [3.8, 4) is 0 Å². The molecular formula is C20H28O14. The maximum Gasteiger partial charge on any atom is 0.347 e. The lowest BCUT2D eigenvalue weighted by atomic mass is 10.3. The number of carbonyl (C=O) groups excluding carboxylic acids is 6. The van der Waals surface area contributed by atoms with E-state index >= 15 is 0 Å². The number of hydrogen-bond acceptors (Lipinski definition) is 13. The van der Waals surface area contributed by atoms with Crippen LogP contribution in [0.2, 0.25) is 0 Å². The number of carboxylic acids is 1. The van der Waals surface area contributed by atoms with Gasteiger partial charge >= 0.3 is 41.8 Å². The Morgan fingerprint density at radius 2 is 0.647 bits per heavy atom. The number of aliphatic carboxylic acids is 1. The molecule has 0 aliphatic carbocycles. The monoisotopic (exact) mass is 492 g/mol. The van der Waals surface area contributed by atoms with Crippen LogP contribution in [-0.2, 0) is 62.0 Å². The first-order valence-corrected chi connectivity index (χ1v) is 9.99. The first-order chi connectivity index (χ1) is 15.6. The molecule has 0 aliphatic rings. The van der Waals surface area contributed by atoms with Crippen molar-refractivity contribution >= 4 is 41.8 Å². The molecule has 0 rings (SSSR count). The summed E-state index contributed by atoms with van der Waals surface area (Å²) >= 11 is 0. The minimum Gasteiger partial charge on any atom is -0.479 e. The molecule has 34 heavy (non-hydrogen) atoms. The predicted octanol–water partition coefficient (Wildman–Crippen LogP) is -0.319. The zero-order chi connectivity index (χ0) is 26.7. The van der Waals surface area contributed by atoms with Crippen LogP contribution in [0.25, 0.3) is 0 Å². The van der Waals surface area contributed by atoms with Gasteiger partial charge in [-0.15, -0.1) is 0 Å². The zero-order valence-corrected chi connectivity index (χ0v) is 19.7. The highest BCUT2D eigenvalue weighted by atomic mass is 16.6. The van der Waals surface area contributed by atoms with Crippen molar-refractivity contribution in [3.63, 3.8) is 0 Å². The zero-order valence-electron chi connectivity index (χ0n) is 19.7. The van der Waals surface area contributed by atoms with E-state index in [0.29, 0.717) is 0 Å². The Hall–Kier alpha value is -3.71. The van der Waals surface area contributed by atoms with Crippen LogP contribution < -0.4 is 0 Å². The van der Waals surface area contributed by atoms with Crippen LogP contribution in [0, 0.1) is 0 Å². The Morgan fingerprint density at radius 3 is 0.853 bits per heavy atom. The molecular weight excluding hydrogens is 464 g/mol. The second-order valence-electron chi connectivity index (χ2n) is 6.99. The van der Waals surface area contributed by atoms with Gasteiger partial charge in [0.25, 0.3) is 0 Å². The lowest BCUT2D eigenvalue weighted by Gasteiger charge is -2.20. The molecule has 0 spiro atoms. The molecule has 0 aliphatic heterocycles. The predicted molar refractivity (Wildman–Crippen MR) is 107 cm³/mol. The van der Waals surface area contributed by atoms with E-state index < -0.39 is 78.4 Å². The molecule has 0 fully saturated rings. The number of carbonyl (C=O) groups is 7. The van der Waals surface area contributed by atoms with Crippen molar-refractivity contribution in [2.24, 2.45) is 0 Å². The molecule has 0 heterocycles. The van der Waals surface area contributed by atoms with Gasteiger partial charge in [0.15, 0.2) is 36.6 Å². The van der Waals surface area contributed by atoms with E-state index in [1.54, 1.807) is 0 Å². The second-order valence-corrected chi connectivity index (χ2v) is 6.99. The average molecular weight is 492 g/mol. The summed E-state index contributed by atoms with van der Waals surface area (Å²) < 4.78 is 28.4. The third-order valence-electron chi connectivity index (χ3n) is 3.81. The van der Waals surface area contributed by atoms with Gasteiger partial charge in [0.05, 0.1) is 0 Å². The second kappa shape index (κ2) is 13.7. The number of carboxylic acid groups (broad SMARTS) is 1. The van der Waals surface area contributed by atoms with Gasteiger partial charge < -0.3 is 33.5 Å². The average Bonchev–Trinajstić information content (AvgIpc) is 2.72. The SMILES string of the molecule is CC(=O)O[C@@H](C)C(=O)O[C@@H](C)C(=O)O[C@@H](C)C(=O)O[C@@H](C)C(=O)O[C@@H](C)C(=O)O[C@@H](C)C(=O)O. The molecule has 6 atom stereocenters. The molecule has 1 N–H and O–H groups in total. The Morgan fingerprint density at radius 1 is 0.441 bits per heavy atom. The van der Waals surface area contributed by atoms with E-state index in [9.17, 15) is 33.6 Å². The summed E-state index contributed by atoms with van der Waals surface area (Å²) in [5.41, 5.74) is 0. The Balaban J connectivity index is 4.68. The molecule has 0 aromatic carbocycles. The van der Waals surface area contributed by atoms with Crippen LogP contribution in [0.3, 0.4) is 0 Å². The lowest BCUT2D eigenvalue weighted by Crippen LogP contribution is -2.39. The van der Waals surface area contributed by atoms with Crippen LogP contribution in [0.4, 0.5) is 0 Å². The summed E-state index contributed by atoms with van der Waals surface area (Å²) in [6.45, 7) is 7.94. The number of ether oxygens (including phenoxy) is 6. The van der Waals surface area contributed by atoms with Crippen molar-refractivity contribution in [2.45, 2.75) is 85.1 Å². The van der Waals surface area contributed by atoms with Crippen molar-refractivity contribution in [3.05, 3.63) is 0 Å². The minimum atomic E-state index is -1.53. The van der Waals surface area contributed by atoms with Crippen molar-refractivity contribution < 1.29 is 67.1 Å². The van der Waals surface area contributed by atoms with Crippen molar-refractivity contribution in [2.75, 3.05) is 0 Å². The largest absolute Gasteiger partial charge is 0.479 e. The van der Waals surface area contributed by atoms with Crippen LogP contribution in [-0.4, -0.2) is 83.5 Å².